The van der Waals surface area contributed by atoms with Crippen LogP contribution in [0, 0.1) is 21.7 Å². The normalized spacial score (nSPS) is 9.71. The average Bonchev–Trinajstić information content (AvgIpc) is 2.28. The molecule has 17 heavy (non-hydrogen) atoms. The zero-order valence-corrected chi connectivity index (χ0v) is 11.5. The zero-order valence-electron chi connectivity index (χ0n) is 9.30. The third-order valence-corrected chi connectivity index (χ3v) is 3.07. The molecule has 4 heteroatoms. The van der Waals surface area contributed by atoms with Crippen LogP contribution in [-0.4, -0.2) is 5.91 Å². The van der Waals surface area contributed by atoms with Crippen LogP contribution in [0.3, 0.4) is 0 Å². The number of rotatable bonds is 5. The number of amides is 1. The minimum Gasteiger partial charge on any atom is -0.325 e. The predicted octanol–water partition coefficient (Wildman–Crippen LogP) is 3.56. The quantitative estimate of drug-likeness (QED) is 0.494. The second-order valence-corrected chi connectivity index (χ2v) is 4.75. The number of halogens is 2. The highest BCUT2D eigenvalue weighted by Gasteiger charge is 2.05. The van der Waals surface area contributed by atoms with Crippen molar-refractivity contribution in [3.05, 3.63) is 27.6 Å². The first-order valence-corrected chi connectivity index (χ1v) is 6.39. The number of benzene rings is 1. The Morgan fingerprint density at radius 3 is 2.88 bits per heavy atom. The molecule has 0 radical (unpaired) electrons. The first kappa shape index (κ1) is 14.0. The summed E-state index contributed by atoms with van der Waals surface area (Å²) >= 11 is 1.99. The maximum atomic E-state index is 12.8. The molecule has 1 aromatic rings. The van der Waals surface area contributed by atoms with Crippen LogP contribution in [-0.2, 0) is 4.79 Å². The molecule has 1 amide bonds. The molecular formula is C13H13FINO. The van der Waals surface area contributed by atoms with Crippen LogP contribution in [0.1, 0.15) is 25.7 Å². The van der Waals surface area contributed by atoms with Gasteiger partial charge in [0, 0.05) is 16.4 Å². The van der Waals surface area contributed by atoms with Crippen LogP contribution >= 0.6 is 22.6 Å². The van der Waals surface area contributed by atoms with E-state index < -0.39 is 0 Å². The summed E-state index contributed by atoms with van der Waals surface area (Å²) in [5.41, 5.74) is 0.647. The number of unbranched alkanes of at least 4 members (excludes halogenated alkanes) is 2. The molecule has 0 saturated heterocycles. The summed E-state index contributed by atoms with van der Waals surface area (Å²) in [6.45, 7) is 0. The molecule has 0 heterocycles. The molecular weight excluding hydrogens is 332 g/mol. The van der Waals surface area contributed by atoms with Gasteiger partial charge in [-0.2, -0.15) is 0 Å². The Kier molecular flexibility index (Phi) is 5.98. The van der Waals surface area contributed by atoms with E-state index in [9.17, 15) is 9.18 Å². The standard InChI is InChI=1S/C13H13FINO/c1-2-3-4-5-6-13(17)16-12-8-7-10(14)9-11(12)15/h1,7-9H,3-6H2,(H,16,17). The lowest BCUT2D eigenvalue weighted by atomic mass is 10.2. The van der Waals surface area contributed by atoms with Crippen LogP contribution in [0.5, 0.6) is 0 Å². The number of carbonyl (C=O) groups is 1. The fraction of sp³-hybridized carbons (Fsp3) is 0.308. The van der Waals surface area contributed by atoms with Gasteiger partial charge in [0.25, 0.3) is 0 Å². The maximum Gasteiger partial charge on any atom is 0.224 e. The molecule has 0 aromatic heterocycles. The fourth-order valence-corrected chi connectivity index (χ4v) is 1.93. The first-order chi connectivity index (χ1) is 8.13. The van der Waals surface area contributed by atoms with Crippen LogP contribution < -0.4 is 5.32 Å². The summed E-state index contributed by atoms with van der Waals surface area (Å²) < 4.78 is 13.5. The molecule has 1 aromatic carbocycles. The Morgan fingerprint density at radius 1 is 1.47 bits per heavy atom. The monoisotopic (exact) mass is 345 g/mol. The van der Waals surface area contributed by atoms with Crippen LogP contribution in [0.15, 0.2) is 18.2 Å². The predicted molar refractivity (Wildman–Crippen MR) is 75.0 cm³/mol. The van der Waals surface area contributed by atoms with Gasteiger partial charge in [0.1, 0.15) is 5.82 Å². The lowest BCUT2D eigenvalue weighted by Crippen LogP contribution is -2.12. The van der Waals surface area contributed by atoms with Gasteiger partial charge >= 0.3 is 0 Å². The summed E-state index contributed by atoms with van der Waals surface area (Å²) in [4.78, 5) is 11.6. The maximum absolute atomic E-state index is 12.8. The van der Waals surface area contributed by atoms with E-state index in [1.165, 1.54) is 12.1 Å². The highest BCUT2D eigenvalue weighted by atomic mass is 127. The van der Waals surface area contributed by atoms with Crippen LogP contribution in [0.2, 0.25) is 0 Å². The molecule has 0 aliphatic rings. The van der Waals surface area contributed by atoms with Gasteiger partial charge in [-0.15, -0.1) is 12.3 Å². The van der Waals surface area contributed by atoms with Gasteiger partial charge in [-0.1, -0.05) is 0 Å². The Bertz CT molecular complexity index is 440. The molecule has 0 unspecified atom stereocenters. The van der Waals surface area contributed by atoms with E-state index in [1.54, 1.807) is 6.07 Å². The molecule has 90 valence electrons. The van der Waals surface area contributed by atoms with Gasteiger partial charge < -0.3 is 5.32 Å². The Balaban J connectivity index is 2.43. The molecule has 0 saturated carbocycles. The average molecular weight is 345 g/mol. The van der Waals surface area contributed by atoms with Crippen molar-refractivity contribution in [1.29, 1.82) is 0 Å². The highest BCUT2D eigenvalue weighted by Crippen LogP contribution is 2.19. The first-order valence-electron chi connectivity index (χ1n) is 5.32. The summed E-state index contributed by atoms with van der Waals surface area (Å²) in [5.74, 6) is 2.16. The lowest BCUT2D eigenvalue weighted by Gasteiger charge is -2.07. The van der Waals surface area contributed by atoms with Crippen LogP contribution in [0.25, 0.3) is 0 Å². The lowest BCUT2D eigenvalue weighted by molar-refractivity contribution is -0.116. The SMILES string of the molecule is C#CCCCCC(=O)Nc1ccc(F)cc1I. The zero-order chi connectivity index (χ0) is 12.7. The van der Waals surface area contributed by atoms with E-state index in [2.05, 4.69) is 11.2 Å². The van der Waals surface area contributed by atoms with Crippen molar-refractivity contribution in [2.45, 2.75) is 25.7 Å². The van der Waals surface area contributed by atoms with Crippen molar-refractivity contribution >= 4 is 34.2 Å². The van der Waals surface area contributed by atoms with Crippen molar-refractivity contribution in [2.75, 3.05) is 5.32 Å². The molecule has 0 aliphatic carbocycles. The minimum absolute atomic E-state index is 0.0634. The number of anilines is 1. The summed E-state index contributed by atoms with van der Waals surface area (Å²) in [7, 11) is 0. The number of nitrogens with one attached hydrogen (secondary N) is 1. The molecule has 2 nitrogen and oxygen atoms in total. The molecule has 0 fully saturated rings. The van der Waals surface area contributed by atoms with Crippen molar-refractivity contribution < 1.29 is 9.18 Å². The van der Waals surface area contributed by atoms with Gasteiger partial charge in [0.2, 0.25) is 5.91 Å². The Hall–Kier alpha value is -1.09. The van der Waals surface area contributed by atoms with Crippen molar-refractivity contribution in [3.8, 4) is 12.3 Å². The van der Waals surface area contributed by atoms with Gasteiger partial charge in [-0.25, -0.2) is 4.39 Å². The van der Waals surface area contributed by atoms with E-state index in [4.69, 9.17) is 6.42 Å². The second-order valence-electron chi connectivity index (χ2n) is 3.58. The number of hydrogen-bond acceptors (Lipinski definition) is 1. The molecule has 0 aliphatic heterocycles. The summed E-state index contributed by atoms with van der Waals surface area (Å²) in [6.07, 6.45) is 7.87. The van der Waals surface area contributed by atoms with Crippen molar-refractivity contribution in [2.24, 2.45) is 0 Å². The molecule has 1 N–H and O–H groups in total. The van der Waals surface area contributed by atoms with Gasteiger partial charge in [0.05, 0.1) is 5.69 Å². The topological polar surface area (TPSA) is 29.1 Å². The fourth-order valence-electron chi connectivity index (χ4n) is 1.32. The third-order valence-electron chi connectivity index (χ3n) is 2.18. The third kappa shape index (κ3) is 5.18. The largest absolute Gasteiger partial charge is 0.325 e. The number of terminal acetylenes is 1. The van der Waals surface area contributed by atoms with E-state index in [-0.39, 0.29) is 11.7 Å². The van der Waals surface area contributed by atoms with Crippen molar-refractivity contribution in [3.63, 3.8) is 0 Å². The Morgan fingerprint density at radius 2 is 2.24 bits per heavy atom. The second kappa shape index (κ2) is 7.28. The van der Waals surface area contributed by atoms with Crippen molar-refractivity contribution in [1.82, 2.24) is 0 Å². The Labute approximate surface area is 114 Å². The van der Waals surface area contributed by atoms with E-state index in [0.717, 1.165) is 12.8 Å². The smallest absolute Gasteiger partial charge is 0.224 e. The molecule has 0 spiro atoms. The van der Waals surface area contributed by atoms with E-state index in [0.29, 0.717) is 22.1 Å². The molecule has 1 rings (SSSR count). The van der Waals surface area contributed by atoms with Gasteiger partial charge in [0.15, 0.2) is 0 Å². The van der Waals surface area contributed by atoms with Gasteiger partial charge in [-0.3, -0.25) is 4.79 Å². The van der Waals surface area contributed by atoms with E-state index in [1.807, 2.05) is 22.6 Å². The van der Waals surface area contributed by atoms with Crippen LogP contribution in [0.4, 0.5) is 10.1 Å². The number of carbonyl (C=O) groups excluding carboxylic acids is 1. The highest BCUT2D eigenvalue weighted by molar-refractivity contribution is 14.1. The molecule has 0 bridgehead atoms. The molecule has 0 atom stereocenters. The number of hydrogen-bond donors (Lipinski definition) is 1. The summed E-state index contributed by atoms with van der Waals surface area (Å²) in [5, 5.41) is 2.75. The van der Waals surface area contributed by atoms with Gasteiger partial charge in [-0.05, 0) is 53.6 Å². The van der Waals surface area contributed by atoms with E-state index >= 15 is 0 Å². The summed E-state index contributed by atoms with van der Waals surface area (Å²) in [6, 6.07) is 4.28. The minimum atomic E-state index is -0.304.